The van der Waals surface area contributed by atoms with Crippen LogP contribution in [0.3, 0.4) is 0 Å². The van der Waals surface area contributed by atoms with E-state index in [4.69, 9.17) is 16.6 Å². The maximum atomic E-state index is 6.27. The molecule has 1 N–H and O–H groups in total. The van der Waals surface area contributed by atoms with Gasteiger partial charge >= 0.3 is 0 Å². The van der Waals surface area contributed by atoms with Crippen molar-refractivity contribution in [2.45, 2.75) is 52.2 Å². The first kappa shape index (κ1) is 18.6. The second-order valence-electron chi connectivity index (χ2n) is 6.44. The Kier molecular flexibility index (Phi) is 7.31. The van der Waals surface area contributed by atoms with Crippen molar-refractivity contribution in [2.75, 3.05) is 24.0 Å². The number of hydrogen-bond donors (Lipinski definition) is 1. The minimum absolute atomic E-state index is 0.0541. The molecule has 1 atom stereocenters. The van der Waals surface area contributed by atoms with Gasteiger partial charge in [-0.3, -0.25) is 0 Å². The van der Waals surface area contributed by atoms with Gasteiger partial charge in [0, 0.05) is 25.2 Å². The number of pyridine rings is 1. The summed E-state index contributed by atoms with van der Waals surface area (Å²) in [6.45, 7) is 9.34. The molecule has 0 aliphatic rings. The van der Waals surface area contributed by atoms with Crippen LogP contribution in [0.15, 0.2) is 12.1 Å². The number of aromatic nitrogens is 1. The summed E-state index contributed by atoms with van der Waals surface area (Å²) in [5.41, 5.74) is 0.964. The summed E-state index contributed by atoms with van der Waals surface area (Å²) < 4.78 is 0. The molecular weight excluding hydrogens is 302 g/mol. The van der Waals surface area contributed by atoms with Crippen molar-refractivity contribution in [3.05, 3.63) is 22.8 Å². The van der Waals surface area contributed by atoms with Crippen LogP contribution in [0.5, 0.6) is 0 Å². The van der Waals surface area contributed by atoms with Crippen molar-refractivity contribution in [3.63, 3.8) is 0 Å². The summed E-state index contributed by atoms with van der Waals surface area (Å²) in [7, 11) is 2.10. The average Bonchev–Trinajstić information content (AvgIpc) is 2.42. The first-order chi connectivity index (χ1) is 9.74. The molecular formula is C16H28ClN3S. The van der Waals surface area contributed by atoms with Gasteiger partial charge in [0.2, 0.25) is 0 Å². The molecule has 0 radical (unpaired) electrons. The Balaban J connectivity index is 2.80. The van der Waals surface area contributed by atoms with Gasteiger partial charge in [-0.15, -0.1) is 0 Å². The summed E-state index contributed by atoms with van der Waals surface area (Å²) in [5, 5.41) is 4.16. The van der Waals surface area contributed by atoms with Crippen molar-refractivity contribution < 1.29 is 0 Å². The van der Waals surface area contributed by atoms with Gasteiger partial charge in [0.25, 0.3) is 0 Å². The first-order valence-corrected chi connectivity index (χ1v) is 9.14. The van der Waals surface area contributed by atoms with E-state index in [1.807, 2.05) is 23.9 Å². The van der Waals surface area contributed by atoms with Crippen LogP contribution in [0.1, 0.15) is 39.8 Å². The molecule has 1 unspecified atom stereocenters. The fourth-order valence-corrected chi connectivity index (χ4v) is 2.60. The van der Waals surface area contributed by atoms with E-state index in [2.05, 4.69) is 51.2 Å². The third-order valence-electron chi connectivity index (χ3n) is 3.45. The van der Waals surface area contributed by atoms with Crippen LogP contribution in [-0.4, -0.2) is 35.6 Å². The molecule has 1 aromatic rings. The van der Waals surface area contributed by atoms with Gasteiger partial charge in [0.1, 0.15) is 5.82 Å². The fraction of sp³-hybridized carbons (Fsp3) is 0.688. The molecule has 3 nitrogen and oxygen atoms in total. The molecule has 120 valence electrons. The number of halogens is 1. The topological polar surface area (TPSA) is 28.2 Å². The van der Waals surface area contributed by atoms with Crippen molar-refractivity contribution >= 4 is 29.2 Å². The SMILES string of the molecule is CSCCC(C)N(C)c1ccc(Cl)c(CNC(C)(C)C)n1. The number of thioether (sulfide) groups is 1. The average molecular weight is 330 g/mol. The molecule has 0 saturated carbocycles. The third kappa shape index (κ3) is 6.45. The van der Waals surface area contributed by atoms with E-state index in [-0.39, 0.29) is 5.54 Å². The molecule has 0 aliphatic heterocycles. The van der Waals surface area contributed by atoms with Crippen LogP contribution in [0.25, 0.3) is 0 Å². The largest absolute Gasteiger partial charge is 0.357 e. The minimum atomic E-state index is 0.0541. The summed E-state index contributed by atoms with van der Waals surface area (Å²) in [4.78, 5) is 6.96. The Morgan fingerprint density at radius 2 is 2.05 bits per heavy atom. The lowest BCUT2D eigenvalue weighted by Crippen LogP contribution is -2.35. The Morgan fingerprint density at radius 1 is 1.38 bits per heavy atom. The second kappa shape index (κ2) is 8.25. The van der Waals surface area contributed by atoms with Crippen LogP contribution in [-0.2, 0) is 6.54 Å². The highest BCUT2D eigenvalue weighted by molar-refractivity contribution is 7.98. The van der Waals surface area contributed by atoms with Crippen molar-refractivity contribution in [2.24, 2.45) is 0 Å². The van der Waals surface area contributed by atoms with Gasteiger partial charge in [-0.05, 0) is 58.3 Å². The smallest absolute Gasteiger partial charge is 0.128 e. The highest BCUT2D eigenvalue weighted by Gasteiger charge is 2.15. The molecule has 0 aliphatic carbocycles. The monoisotopic (exact) mass is 329 g/mol. The molecule has 0 spiro atoms. The Bertz CT molecular complexity index is 446. The first-order valence-electron chi connectivity index (χ1n) is 7.37. The van der Waals surface area contributed by atoms with E-state index in [9.17, 15) is 0 Å². The molecule has 0 aromatic carbocycles. The zero-order valence-corrected chi connectivity index (χ0v) is 15.6. The van der Waals surface area contributed by atoms with Gasteiger partial charge in [0.15, 0.2) is 0 Å². The summed E-state index contributed by atoms with van der Waals surface area (Å²) in [5.74, 6) is 2.15. The van der Waals surface area contributed by atoms with Crippen LogP contribution in [0.4, 0.5) is 5.82 Å². The summed E-state index contributed by atoms with van der Waals surface area (Å²) >= 11 is 8.15. The van der Waals surface area contributed by atoms with E-state index < -0.39 is 0 Å². The van der Waals surface area contributed by atoms with Crippen LogP contribution >= 0.6 is 23.4 Å². The Labute approximate surface area is 138 Å². The molecule has 0 saturated heterocycles. The van der Waals surface area contributed by atoms with Crippen molar-refractivity contribution in [3.8, 4) is 0 Å². The lowest BCUT2D eigenvalue weighted by atomic mass is 10.1. The Hall–Kier alpha value is -0.450. The number of nitrogens with one attached hydrogen (secondary N) is 1. The molecule has 1 rings (SSSR count). The number of rotatable bonds is 7. The van der Waals surface area contributed by atoms with E-state index in [1.54, 1.807) is 0 Å². The summed E-state index contributed by atoms with van der Waals surface area (Å²) in [6, 6.07) is 4.41. The maximum Gasteiger partial charge on any atom is 0.128 e. The van der Waals surface area contributed by atoms with Gasteiger partial charge in [-0.2, -0.15) is 11.8 Å². The zero-order chi connectivity index (χ0) is 16.0. The molecule has 0 bridgehead atoms. The Morgan fingerprint density at radius 3 is 2.62 bits per heavy atom. The normalized spacial score (nSPS) is 13.3. The quantitative estimate of drug-likeness (QED) is 0.811. The zero-order valence-electron chi connectivity index (χ0n) is 14.0. The third-order valence-corrected chi connectivity index (χ3v) is 4.44. The predicted molar refractivity (Wildman–Crippen MR) is 96.7 cm³/mol. The number of anilines is 1. The van der Waals surface area contributed by atoms with E-state index >= 15 is 0 Å². The van der Waals surface area contributed by atoms with E-state index in [0.717, 1.165) is 28.7 Å². The van der Waals surface area contributed by atoms with Crippen molar-refractivity contribution in [1.29, 1.82) is 0 Å². The number of hydrogen-bond acceptors (Lipinski definition) is 4. The minimum Gasteiger partial charge on any atom is -0.357 e. The van der Waals surface area contributed by atoms with Gasteiger partial charge in [-0.25, -0.2) is 4.98 Å². The van der Waals surface area contributed by atoms with E-state index in [0.29, 0.717) is 12.6 Å². The number of nitrogens with zero attached hydrogens (tertiary/aromatic N) is 2. The van der Waals surface area contributed by atoms with Crippen LogP contribution in [0, 0.1) is 0 Å². The summed E-state index contributed by atoms with van der Waals surface area (Å²) in [6.07, 6.45) is 3.29. The van der Waals surface area contributed by atoms with Gasteiger partial charge < -0.3 is 10.2 Å². The lowest BCUT2D eigenvalue weighted by Gasteiger charge is -2.27. The maximum absolute atomic E-state index is 6.27. The molecule has 1 aromatic heterocycles. The highest BCUT2D eigenvalue weighted by atomic mass is 35.5. The van der Waals surface area contributed by atoms with Crippen LogP contribution < -0.4 is 10.2 Å². The molecule has 0 amide bonds. The highest BCUT2D eigenvalue weighted by Crippen LogP contribution is 2.21. The molecule has 1 heterocycles. The molecule has 5 heteroatoms. The van der Waals surface area contributed by atoms with Gasteiger partial charge in [-0.1, -0.05) is 11.6 Å². The standard InChI is InChI=1S/C16H28ClN3S/c1-12(9-10-21-6)20(5)15-8-7-13(17)14(19-15)11-18-16(2,3)4/h7-8,12,18H,9-11H2,1-6H3. The second-order valence-corrected chi connectivity index (χ2v) is 7.84. The fourth-order valence-electron chi connectivity index (χ4n) is 1.85. The van der Waals surface area contributed by atoms with Crippen LogP contribution in [0.2, 0.25) is 5.02 Å². The van der Waals surface area contributed by atoms with E-state index in [1.165, 1.54) is 0 Å². The lowest BCUT2D eigenvalue weighted by molar-refractivity contribution is 0.421. The molecule has 21 heavy (non-hydrogen) atoms. The van der Waals surface area contributed by atoms with Gasteiger partial charge in [0.05, 0.1) is 10.7 Å². The predicted octanol–water partition coefficient (Wildman–Crippen LogP) is 4.20. The van der Waals surface area contributed by atoms with Crippen molar-refractivity contribution in [1.82, 2.24) is 10.3 Å². The molecule has 0 fully saturated rings.